The fourth-order valence-electron chi connectivity index (χ4n) is 1.79. The van der Waals surface area contributed by atoms with E-state index in [1.807, 2.05) is 36.0 Å². The molecule has 1 aliphatic heterocycles. The van der Waals surface area contributed by atoms with E-state index < -0.39 is 5.60 Å². The van der Waals surface area contributed by atoms with Crippen molar-refractivity contribution in [2.75, 3.05) is 17.2 Å². The SMILES string of the molecule is Nc1ccc(C2(O)CCSCC2)cc1. The van der Waals surface area contributed by atoms with Gasteiger partial charge in [-0.1, -0.05) is 12.1 Å². The van der Waals surface area contributed by atoms with Crippen molar-refractivity contribution in [2.24, 2.45) is 0 Å². The molecule has 1 fully saturated rings. The van der Waals surface area contributed by atoms with E-state index in [0.29, 0.717) is 0 Å². The summed E-state index contributed by atoms with van der Waals surface area (Å²) in [7, 11) is 0. The van der Waals surface area contributed by atoms with E-state index in [1.54, 1.807) is 0 Å². The Morgan fingerprint density at radius 1 is 1.14 bits per heavy atom. The van der Waals surface area contributed by atoms with Gasteiger partial charge in [0.2, 0.25) is 0 Å². The van der Waals surface area contributed by atoms with Crippen LogP contribution >= 0.6 is 11.8 Å². The Bertz CT molecular complexity index is 304. The van der Waals surface area contributed by atoms with Crippen LogP contribution < -0.4 is 5.73 Å². The standard InChI is InChI=1S/C11H15NOS/c12-10-3-1-9(2-4-10)11(13)5-7-14-8-6-11/h1-4,13H,5-8,12H2. The van der Waals surface area contributed by atoms with E-state index in [4.69, 9.17) is 5.73 Å². The van der Waals surface area contributed by atoms with Gasteiger partial charge in [-0.2, -0.15) is 11.8 Å². The highest BCUT2D eigenvalue weighted by molar-refractivity contribution is 7.99. The lowest BCUT2D eigenvalue weighted by atomic mass is 9.88. The Hall–Kier alpha value is -0.670. The number of aliphatic hydroxyl groups is 1. The summed E-state index contributed by atoms with van der Waals surface area (Å²) >= 11 is 1.91. The third-order valence-corrected chi connectivity index (χ3v) is 3.75. The monoisotopic (exact) mass is 209 g/mol. The van der Waals surface area contributed by atoms with Crippen LogP contribution in [-0.2, 0) is 5.60 Å². The first-order valence-electron chi connectivity index (χ1n) is 4.87. The number of nitrogen functional groups attached to an aromatic ring is 1. The summed E-state index contributed by atoms with van der Waals surface area (Å²) in [5, 5.41) is 10.4. The lowest BCUT2D eigenvalue weighted by Gasteiger charge is -2.32. The number of thioether (sulfide) groups is 1. The molecule has 0 bridgehead atoms. The van der Waals surface area contributed by atoms with Crippen molar-refractivity contribution in [3.63, 3.8) is 0 Å². The molecule has 1 saturated heterocycles. The molecular weight excluding hydrogens is 194 g/mol. The van der Waals surface area contributed by atoms with Crippen LogP contribution in [0.25, 0.3) is 0 Å². The molecule has 1 aromatic rings. The summed E-state index contributed by atoms with van der Waals surface area (Å²) in [6.45, 7) is 0. The molecule has 0 atom stereocenters. The van der Waals surface area contributed by atoms with E-state index in [1.165, 1.54) is 0 Å². The van der Waals surface area contributed by atoms with E-state index >= 15 is 0 Å². The number of hydrogen-bond donors (Lipinski definition) is 2. The molecule has 0 spiro atoms. The highest BCUT2D eigenvalue weighted by atomic mass is 32.2. The van der Waals surface area contributed by atoms with E-state index in [-0.39, 0.29) is 0 Å². The van der Waals surface area contributed by atoms with Crippen LogP contribution in [0.4, 0.5) is 5.69 Å². The summed E-state index contributed by atoms with van der Waals surface area (Å²) in [6, 6.07) is 7.58. The maximum absolute atomic E-state index is 10.4. The highest BCUT2D eigenvalue weighted by Gasteiger charge is 2.30. The molecule has 2 rings (SSSR count). The van der Waals surface area contributed by atoms with Gasteiger partial charge >= 0.3 is 0 Å². The van der Waals surface area contributed by atoms with Crippen molar-refractivity contribution in [1.82, 2.24) is 0 Å². The Morgan fingerprint density at radius 2 is 1.71 bits per heavy atom. The molecule has 0 unspecified atom stereocenters. The zero-order valence-electron chi connectivity index (χ0n) is 8.07. The first kappa shape index (κ1) is 9.87. The van der Waals surface area contributed by atoms with Crippen LogP contribution in [0.5, 0.6) is 0 Å². The quantitative estimate of drug-likeness (QED) is 0.695. The van der Waals surface area contributed by atoms with E-state index in [0.717, 1.165) is 35.6 Å². The van der Waals surface area contributed by atoms with Gasteiger partial charge in [0, 0.05) is 5.69 Å². The van der Waals surface area contributed by atoms with Gasteiger partial charge < -0.3 is 10.8 Å². The molecule has 14 heavy (non-hydrogen) atoms. The average Bonchev–Trinajstić information content (AvgIpc) is 2.19. The second kappa shape index (κ2) is 3.83. The fraction of sp³-hybridized carbons (Fsp3) is 0.455. The predicted molar refractivity (Wildman–Crippen MR) is 61.3 cm³/mol. The molecule has 0 radical (unpaired) electrons. The zero-order valence-corrected chi connectivity index (χ0v) is 8.89. The second-order valence-corrected chi connectivity index (χ2v) is 4.99. The van der Waals surface area contributed by atoms with Crippen LogP contribution in [0, 0.1) is 0 Å². The number of nitrogens with two attached hydrogens (primary N) is 1. The van der Waals surface area contributed by atoms with Gasteiger partial charge in [-0.3, -0.25) is 0 Å². The minimum absolute atomic E-state index is 0.612. The van der Waals surface area contributed by atoms with Gasteiger partial charge in [-0.25, -0.2) is 0 Å². The Balaban J connectivity index is 2.23. The summed E-state index contributed by atoms with van der Waals surface area (Å²) in [6.07, 6.45) is 1.70. The molecule has 0 aromatic heterocycles. The average molecular weight is 209 g/mol. The lowest BCUT2D eigenvalue weighted by molar-refractivity contribution is 0.0281. The maximum atomic E-state index is 10.4. The molecule has 0 saturated carbocycles. The molecule has 1 aliphatic rings. The van der Waals surface area contributed by atoms with Crippen molar-refractivity contribution < 1.29 is 5.11 Å². The molecule has 76 valence electrons. The van der Waals surface area contributed by atoms with Crippen molar-refractivity contribution >= 4 is 17.4 Å². The Morgan fingerprint density at radius 3 is 2.29 bits per heavy atom. The fourth-order valence-corrected chi connectivity index (χ4v) is 2.96. The van der Waals surface area contributed by atoms with Crippen LogP contribution in [0.1, 0.15) is 18.4 Å². The normalized spacial score (nSPS) is 20.6. The van der Waals surface area contributed by atoms with Crippen LogP contribution in [0.15, 0.2) is 24.3 Å². The highest BCUT2D eigenvalue weighted by Crippen LogP contribution is 2.35. The zero-order chi connectivity index (χ0) is 10.0. The third-order valence-electron chi connectivity index (χ3n) is 2.77. The van der Waals surface area contributed by atoms with Gasteiger partial charge in [0.05, 0.1) is 5.60 Å². The van der Waals surface area contributed by atoms with Crippen LogP contribution in [0.3, 0.4) is 0 Å². The first-order valence-corrected chi connectivity index (χ1v) is 6.02. The summed E-state index contributed by atoms with van der Waals surface area (Å²) in [5.41, 5.74) is 6.76. The van der Waals surface area contributed by atoms with E-state index in [9.17, 15) is 5.11 Å². The summed E-state index contributed by atoms with van der Waals surface area (Å²) < 4.78 is 0. The van der Waals surface area contributed by atoms with E-state index in [2.05, 4.69) is 0 Å². The summed E-state index contributed by atoms with van der Waals surface area (Å²) in [4.78, 5) is 0. The van der Waals surface area contributed by atoms with Crippen molar-refractivity contribution in [1.29, 1.82) is 0 Å². The molecule has 1 heterocycles. The topological polar surface area (TPSA) is 46.2 Å². The predicted octanol–water partition coefficient (Wildman–Crippen LogP) is 1.98. The summed E-state index contributed by atoms with van der Waals surface area (Å²) in [5.74, 6) is 2.09. The van der Waals surface area contributed by atoms with Crippen LogP contribution in [0.2, 0.25) is 0 Å². The van der Waals surface area contributed by atoms with Gasteiger partial charge in [-0.05, 0) is 42.0 Å². The molecule has 0 amide bonds. The van der Waals surface area contributed by atoms with Crippen molar-refractivity contribution in [3.05, 3.63) is 29.8 Å². The van der Waals surface area contributed by atoms with Crippen LogP contribution in [-0.4, -0.2) is 16.6 Å². The molecule has 1 aromatic carbocycles. The smallest absolute Gasteiger partial charge is 0.0912 e. The molecular formula is C11H15NOS. The molecule has 0 aliphatic carbocycles. The van der Waals surface area contributed by atoms with Crippen molar-refractivity contribution in [2.45, 2.75) is 18.4 Å². The largest absolute Gasteiger partial charge is 0.399 e. The van der Waals surface area contributed by atoms with Gasteiger partial charge in [-0.15, -0.1) is 0 Å². The second-order valence-electron chi connectivity index (χ2n) is 3.77. The van der Waals surface area contributed by atoms with Gasteiger partial charge in [0.1, 0.15) is 0 Å². The number of hydrogen-bond acceptors (Lipinski definition) is 3. The minimum Gasteiger partial charge on any atom is -0.399 e. The number of anilines is 1. The van der Waals surface area contributed by atoms with Gasteiger partial charge in [0.15, 0.2) is 0 Å². The Kier molecular flexibility index (Phi) is 2.70. The molecule has 3 heteroatoms. The minimum atomic E-state index is -0.612. The molecule has 3 N–H and O–H groups in total. The number of rotatable bonds is 1. The van der Waals surface area contributed by atoms with Crippen molar-refractivity contribution in [3.8, 4) is 0 Å². The lowest BCUT2D eigenvalue weighted by Crippen LogP contribution is -2.30. The van der Waals surface area contributed by atoms with Gasteiger partial charge in [0.25, 0.3) is 0 Å². The Labute approximate surface area is 88.5 Å². The maximum Gasteiger partial charge on any atom is 0.0912 e. The molecule has 2 nitrogen and oxygen atoms in total. The first-order chi connectivity index (χ1) is 6.71. The third kappa shape index (κ3) is 1.88. The number of benzene rings is 1.